The van der Waals surface area contributed by atoms with E-state index in [9.17, 15) is 4.79 Å². The van der Waals surface area contributed by atoms with Gasteiger partial charge in [0.2, 0.25) is 0 Å². The summed E-state index contributed by atoms with van der Waals surface area (Å²) in [4.78, 5) is 14.4. The highest BCUT2D eigenvalue weighted by Gasteiger charge is 2.36. The Balaban J connectivity index is 1.95. The van der Waals surface area contributed by atoms with E-state index in [1.165, 1.54) is 25.8 Å². The summed E-state index contributed by atoms with van der Waals surface area (Å²) in [5.74, 6) is 6.95. The van der Waals surface area contributed by atoms with E-state index in [4.69, 9.17) is 0 Å². The molecule has 94 valence electrons. The van der Waals surface area contributed by atoms with Gasteiger partial charge >= 0.3 is 0 Å². The first-order valence-electron chi connectivity index (χ1n) is 6.99. The van der Waals surface area contributed by atoms with Crippen LogP contribution in [0.3, 0.4) is 0 Å². The van der Waals surface area contributed by atoms with Gasteiger partial charge in [0.1, 0.15) is 5.78 Å². The molecule has 2 nitrogen and oxygen atoms in total. The van der Waals surface area contributed by atoms with Gasteiger partial charge in [0.25, 0.3) is 0 Å². The molecule has 0 aromatic carbocycles. The Kier molecular flexibility index (Phi) is 4.62. The van der Waals surface area contributed by atoms with Gasteiger partial charge in [0.05, 0.1) is 0 Å². The van der Waals surface area contributed by atoms with Gasteiger partial charge < -0.3 is 0 Å². The predicted molar refractivity (Wildman–Crippen MR) is 69.6 cm³/mol. The second-order valence-corrected chi connectivity index (χ2v) is 5.24. The van der Waals surface area contributed by atoms with Crippen molar-refractivity contribution in [3.8, 4) is 11.8 Å². The minimum Gasteiger partial charge on any atom is -0.299 e. The van der Waals surface area contributed by atoms with Crippen LogP contribution in [0, 0.1) is 17.8 Å². The molecular weight excluding hydrogens is 210 g/mol. The van der Waals surface area contributed by atoms with Crippen molar-refractivity contribution in [2.75, 3.05) is 13.1 Å². The molecule has 2 heteroatoms. The van der Waals surface area contributed by atoms with Gasteiger partial charge in [-0.05, 0) is 39.2 Å². The third kappa shape index (κ3) is 3.10. The van der Waals surface area contributed by atoms with E-state index < -0.39 is 0 Å². The Bertz CT molecular complexity index is 326. The van der Waals surface area contributed by atoms with E-state index in [2.05, 4.69) is 16.7 Å². The molecule has 1 aliphatic heterocycles. The second kappa shape index (κ2) is 6.21. The normalized spacial score (nSPS) is 30.1. The zero-order chi connectivity index (χ0) is 12.1. The fraction of sp³-hybridized carbons (Fsp3) is 0.800. The minimum atomic E-state index is 0.338. The smallest absolute Gasteiger partial charge is 0.137 e. The molecule has 2 rings (SSSR count). The lowest BCUT2D eigenvalue weighted by molar-refractivity contribution is -0.123. The van der Waals surface area contributed by atoms with Crippen LogP contribution in [0.2, 0.25) is 0 Å². The average molecular weight is 233 g/mol. The molecule has 0 aromatic heterocycles. The predicted octanol–water partition coefficient (Wildman–Crippen LogP) is 2.62. The molecule has 0 spiro atoms. The first-order valence-corrected chi connectivity index (χ1v) is 6.99. The summed E-state index contributed by atoms with van der Waals surface area (Å²) >= 11 is 0. The van der Waals surface area contributed by atoms with Crippen LogP contribution >= 0.6 is 0 Å². The molecule has 0 bridgehead atoms. The van der Waals surface area contributed by atoms with Gasteiger partial charge in [-0.15, -0.1) is 11.8 Å². The number of hydrogen-bond donors (Lipinski definition) is 0. The molecule has 1 heterocycles. The molecule has 1 saturated carbocycles. The van der Waals surface area contributed by atoms with Crippen LogP contribution < -0.4 is 0 Å². The Hall–Kier alpha value is -0.810. The Morgan fingerprint density at radius 3 is 2.88 bits per heavy atom. The van der Waals surface area contributed by atoms with E-state index >= 15 is 0 Å². The van der Waals surface area contributed by atoms with Gasteiger partial charge in [0, 0.05) is 31.3 Å². The number of carbonyl (C=O) groups is 1. The number of ketones is 1. The van der Waals surface area contributed by atoms with Crippen LogP contribution in [0.15, 0.2) is 0 Å². The standard InChI is InChI=1S/C15H23NO/c1-2-3-5-11-16-12-6-4-9-14(16)13-8-7-10-15(13)17/h13-14H,4-12H2,1H3. The van der Waals surface area contributed by atoms with Crippen LogP contribution in [-0.2, 0) is 4.79 Å². The third-order valence-corrected chi connectivity index (χ3v) is 4.18. The molecule has 0 aromatic rings. The molecule has 2 aliphatic rings. The van der Waals surface area contributed by atoms with Gasteiger partial charge in [0.15, 0.2) is 0 Å². The zero-order valence-electron chi connectivity index (χ0n) is 10.9. The quantitative estimate of drug-likeness (QED) is 0.698. The Morgan fingerprint density at radius 2 is 2.18 bits per heavy atom. The highest BCUT2D eigenvalue weighted by molar-refractivity contribution is 5.83. The van der Waals surface area contributed by atoms with Crippen molar-refractivity contribution in [2.45, 2.75) is 57.9 Å². The van der Waals surface area contributed by atoms with Crippen LogP contribution in [-0.4, -0.2) is 29.8 Å². The highest BCUT2D eigenvalue weighted by Crippen LogP contribution is 2.32. The van der Waals surface area contributed by atoms with E-state index in [-0.39, 0.29) is 0 Å². The summed E-state index contributed by atoms with van der Waals surface area (Å²) < 4.78 is 0. The molecule has 0 radical (unpaired) electrons. The number of hydrogen-bond acceptors (Lipinski definition) is 2. The molecule has 1 saturated heterocycles. The van der Waals surface area contributed by atoms with Gasteiger partial charge in [-0.1, -0.05) is 6.42 Å². The summed E-state index contributed by atoms with van der Waals surface area (Å²) in [6.07, 6.45) is 7.82. The lowest BCUT2D eigenvalue weighted by Crippen LogP contribution is -2.45. The topological polar surface area (TPSA) is 20.3 Å². The SMILES string of the molecule is CC#CCCN1CCCCC1C1CCCC1=O. The van der Waals surface area contributed by atoms with Crippen LogP contribution in [0.25, 0.3) is 0 Å². The molecule has 2 atom stereocenters. The van der Waals surface area contributed by atoms with E-state index in [0.29, 0.717) is 17.7 Å². The summed E-state index contributed by atoms with van der Waals surface area (Å²) in [6, 6.07) is 0.525. The first kappa shape index (κ1) is 12.6. The Morgan fingerprint density at radius 1 is 1.29 bits per heavy atom. The van der Waals surface area contributed by atoms with Gasteiger partial charge in [-0.2, -0.15) is 0 Å². The minimum absolute atomic E-state index is 0.338. The van der Waals surface area contributed by atoms with Crippen molar-refractivity contribution < 1.29 is 4.79 Å². The number of rotatable bonds is 3. The molecule has 2 fully saturated rings. The van der Waals surface area contributed by atoms with E-state index in [1.54, 1.807) is 0 Å². The first-order chi connectivity index (χ1) is 8.33. The van der Waals surface area contributed by atoms with Crippen molar-refractivity contribution in [3.63, 3.8) is 0 Å². The fourth-order valence-electron chi connectivity index (χ4n) is 3.32. The van der Waals surface area contributed by atoms with Crippen molar-refractivity contribution >= 4 is 5.78 Å². The molecular formula is C15H23NO. The number of piperidine rings is 1. The van der Waals surface area contributed by atoms with Crippen LogP contribution in [0.5, 0.6) is 0 Å². The third-order valence-electron chi connectivity index (χ3n) is 4.18. The molecule has 1 aliphatic carbocycles. The highest BCUT2D eigenvalue weighted by atomic mass is 16.1. The van der Waals surface area contributed by atoms with Crippen molar-refractivity contribution in [1.29, 1.82) is 0 Å². The summed E-state index contributed by atoms with van der Waals surface area (Å²) in [6.45, 7) is 4.11. The van der Waals surface area contributed by atoms with Gasteiger partial charge in [-0.3, -0.25) is 9.69 Å². The van der Waals surface area contributed by atoms with Crippen LogP contribution in [0.4, 0.5) is 0 Å². The molecule has 0 N–H and O–H groups in total. The van der Waals surface area contributed by atoms with Crippen molar-refractivity contribution in [3.05, 3.63) is 0 Å². The number of carbonyl (C=O) groups excluding carboxylic acids is 1. The zero-order valence-corrected chi connectivity index (χ0v) is 10.9. The van der Waals surface area contributed by atoms with Crippen molar-refractivity contribution in [1.82, 2.24) is 4.90 Å². The van der Waals surface area contributed by atoms with Gasteiger partial charge in [-0.25, -0.2) is 0 Å². The molecule has 0 amide bonds. The average Bonchev–Trinajstić information content (AvgIpc) is 2.76. The lowest BCUT2D eigenvalue weighted by Gasteiger charge is -2.38. The van der Waals surface area contributed by atoms with Crippen molar-refractivity contribution in [2.24, 2.45) is 5.92 Å². The fourth-order valence-corrected chi connectivity index (χ4v) is 3.32. The maximum Gasteiger partial charge on any atom is 0.137 e. The monoisotopic (exact) mass is 233 g/mol. The van der Waals surface area contributed by atoms with E-state index in [0.717, 1.165) is 32.2 Å². The summed E-state index contributed by atoms with van der Waals surface area (Å²) in [5.41, 5.74) is 0. The van der Waals surface area contributed by atoms with Crippen LogP contribution in [0.1, 0.15) is 51.9 Å². The largest absolute Gasteiger partial charge is 0.299 e. The number of likely N-dealkylation sites (tertiary alicyclic amines) is 1. The number of nitrogens with zero attached hydrogens (tertiary/aromatic N) is 1. The lowest BCUT2D eigenvalue weighted by atomic mass is 9.88. The number of Topliss-reactive ketones (excluding diaryl/α,β-unsaturated/α-hetero) is 1. The maximum absolute atomic E-state index is 11.9. The molecule has 17 heavy (non-hydrogen) atoms. The van der Waals surface area contributed by atoms with E-state index in [1.807, 2.05) is 6.92 Å². The summed E-state index contributed by atoms with van der Waals surface area (Å²) in [7, 11) is 0. The second-order valence-electron chi connectivity index (χ2n) is 5.24. The summed E-state index contributed by atoms with van der Waals surface area (Å²) in [5, 5.41) is 0. The Labute approximate surface area is 105 Å². The molecule has 2 unspecified atom stereocenters. The maximum atomic E-state index is 11.9.